The van der Waals surface area contributed by atoms with Gasteiger partial charge in [-0.2, -0.15) is 0 Å². The van der Waals surface area contributed by atoms with Crippen LogP contribution in [0.2, 0.25) is 0 Å². The van der Waals surface area contributed by atoms with Gasteiger partial charge >= 0.3 is 0 Å². The van der Waals surface area contributed by atoms with Crippen LogP contribution < -0.4 is 10.6 Å². The second-order valence-electron chi connectivity index (χ2n) is 13.8. The topological polar surface area (TPSA) is 92.3 Å². The van der Waals surface area contributed by atoms with Crippen LogP contribution in [0, 0.1) is 28.6 Å². The number of Topliss-reactive ketones (excluding diaryl/α,β-unsaturated/α-hetero) is 4. The van der Waals surface area contributed by atoms with E-state index in [0.29, 0.717) is 53.7 Å². The zero-order chi connectivity index (χ0) is 27.8. The lowest BCUT2D eigenvalue weighted by Gasteiger charge is -2.44. The maximum absolute atomic E-state index is 12.3. The summed E-state index contributed by atoms with van der Waals surface area (Å²) in [6.07, 6.45) is 13.7. The number of nitrogens with one attached hydrogen (secondary N) is 2. The Kier molecular flexibility index (Phi) is 6.14. The van der Waals surface area contributed by atoms with E-state index in [0.717, 1.165) is 101 Å². The molecular formula is C34H42N2O4. The molecule has 0 aromatic rings. The molecule has 0 aromatic heterocycles. The largest absolute Gasteiger partial charge is 0.387 e. The highest BCUT2D eigenvalue weighted by Gasteiger charge is 2.53. The Morgan fingerprint density at radius 2 is 1.38 bits per heavy atom. The minimum atomic E-state index is -0.155. The van der Waals surface area contributed by atoms with Gasteiger partial charge in [0.15, 0.2) is 11.6 Å². The Morgan fingerprint density at radius 3 is 2.15 bits per heavy atom. The third kappa shape index (κ3) is 3.73. The molecule has 0 bridgehead atoms. The maximum Gasteiger partial charge on any atom is 0.166 e. The van der Waals surface area contributed by atoms with Crippen LogP contribution in [0.3, 0.4) is 0 Å². The van der Waals surface area contributed by atoms with E-state index in [1.54, 1.807) is 0 Å². The lowest BCUT2D eigenvalue weighted by Crippen LogP contribution is -2.41. The summed E-state index contributed by atoms with van der Waals surface area (Å²) >= 11 is 0. The number of rotatable bonds is 0. The number of fused-ring (bicyclic) bond motifs is 7. The standard InChI is InChI=1S/2C17H21NO2/c2*1-17-8-6-11-10(12(17)3-5-15(17)20)2-4-13-16(11)14(19)7-9-18-13/h12,18H,2-9H2,1H3;6,10,12,18H,2-5,7-9H2,1H3/t12-,17-;10?,12-,17-/m00/s1. The number of hydrogen-bond acceptors (Lipinski definition) is 6. The van der Waals surface area contributed by atoms with Crippen molar-refractivity contribution in [2.45, 2.75) is 97.3 Å². The van der Waals surface area contributed by atoms with Crippen molar-refractivity contribution in [3.05, 3.63) is 45.3 Å². The van der Waals surface area contributed by atoms with Crippen molar-refractivity contribution >= 4 is 23.1 Å². The van der Waals surface area contributed by atoms with Gasteiger partial charge in [-0.15, -0.1) is 0 Å². The summed E-state index contributed by atoms with van der Waals surface area (Å²) in [5.41, 5.74) is 8.04. The zero-order valence-corrected chi connectivity index (χ0v) is 24.0. The van der Waals surface area contributed by atoms with E-state index in [4.69, 9.17) is 0 Å². The van der Waals surface area contributed by atoms with Crippen LogP contribution in [0.5, 0.6) is 0 Å². The summed E-state index contributed by atoms with van der Waals surface area (Å²) in [4.78, 5) is 49.1. The molecule has 2 N–H and O–H groups in total. The lowest BCUT2D eigenvalue weighted by molar-refractivity contribution is -0.127. The van der Waals surface area contributed by atoms with Crippen molar-refractivity contribution < 1.29 is 19.2 Å². The highest BCUT2D eigenvalue weighted by Crippen LogP contribution is 2.57. The molecule has 8 aliphatic rings. The predicted molar refractivity (Wildman–Crippen MR) is 152 cm³/mol. The van der Waals surface area contributed by atoms with Gasteiger partial charge in [0.25, 0.3) is 0 Å². The molecule has 40 heavy (non-hydrogen) atoms. The molecule has 2 heterocycles. The highest BCUT2D eigenvalue weighted by molar-refractivity contribution is 6.02. The van der Waals surface area contributed by atoms with E-state index in [2.05, 4.69) is 30.6 Å². The normalized spacial score (nSPS) is 38.1. The van der Waals surface area contributed by atoms with Crippen LogP contribution in [-0.4, -0.2) is 36.2 Å². The second kappa shape index (κ2) is 9.39. The SMILES string of the molecule is C[C@]12CC=C3C4=C(CCC3[C@@H]1CCC2=O)NCCC4=O.C[C@]12CCC3=C(CCC4=C3C(=O)CCN4)[C@@H]1CCC2=O. The monoisotopic (exact) mass is 542 g/mol. The fraction of sp³-hybridized carbons (Fsp3) is 0.647. The minimum absolute atomic E-state index is 0.137. The summed E-state index contributed by atoms with van der Waals surface area (Å²) in [5.74, 6) is 2.80. The van der Waals surface area contributed by atoms with Gasteiger partial charge in [-0.3, -0.25) is 19.2 Å². The first-order valence-corrected chi connectivity index (χ1v) is 15.7. The van der Waals surface area contributed by atoms with E-state index in [-0.39, 0.29) is 10.8 Å². The van der Waals surface area contributed by atoms with E-state index in [9.17, 15) is 19.2 Å². The van der Waals surface area contributed by atoms with Gasteiger partial charge in [0.2, 0.25) is 0 Å². The van der Waals surface area contributed by atoms with Gasteiger partial charge in [0.05, 0.1) is 0 Å². The number of hydrogen-bond donors (Lipinski definition) is 2. The second-order valence-corrected chi connectivity index (χ2v) is 13.8. The van der Waals surface area contributed by atoms with E-state index in [1.807, 2.05) is 0 Å². The predicted octanol–water partition coefficient (Wildman–Crippen LogP) is 5.20. The van der Waals surface area contributed by atoms with Gasteiger partial charge < -0.3 is 10.6 Å². The number of ketones is 4. The molecule has 8 rings (SSSR count). The number of allylic oxidation sites excluding steroid dienone is 8. The number of carbonyl (C=O) groups excluding carboxylic acids is 4. The molecular weight excluding hydrogens is 500 g/mol. The van der Waals surface area contributed by atoms with Gasteiger partial charge in [-0.25, -0.2) is 0 Å². The van der Waals surface area contributed by atoms with Gasteiger partial charge in [0, 0.05) is 72.1 Å². The van der Waals surface area contributed by atoms with Crippen molar-refractivity contribution in [3.63, 3.8) is 0 Å². The van der Waals surface area contributed by atoms with E-state index < -0.39 is 0 Å². The Morgan fingerprint density at radius 1 is 0.700 bits per heavy atom. The fourth-order valence-corrected chi connectivity index (χ4v) is 9.74. The first-order chi connectivity index (χ1) is 19.2. The van der Waals surface area contributed by atoms with Crippen LogP contribution in [0.25, 0.3) is 0 Å². The Labute approximate surface area is 237 Å². The summed E-state index contributed by atoms with van der Waals surface area (Å²) < 4.78 is 0. The first-order valence-electron chi connectivity index (χ1n) is 15.7. The minimum Gasteiger partial charge on any atom is -0.387 e. The molecule has 212 valence electrons. The number of carbonyl (C=O) groups is 4. The van der Waals surface area contributed by atoms with Crippen molar-refractivity contribution in [2.75, 3.05) is 13.1 Å². The third-order valence-electron chi connectivity index (χ3n) is 12.0. The van der Waals surface area contributed by atoms with Crippen LogP contribution >= 0.6 is 0 Å². The molecule has 2 aliphatic heterocycles. The molecule has 1 unspecified atom stereocenters. The Hall–Kier alpha value is -2.76. The van der Waals surface area contributed by atoms with Crippen LogP contribution in [0.4, 0.5) is 0 Å². The van der Waals surface area contributed by atoms with Crippen LogP contribution in [-0.2, 0) is 19.2 Å². The van der Waals surface area contributed by atoms with Crippen molar-refractivity contribution in [3.8, 4) is 0 Å². The molecule has 0 saturated heterocycles. The highest BCUT2D eigenvalue weighted by atomic mass is 16.1. The van der Waals surface area contributed by atoms with E-state index >= 15 is 0 Å². The van der Waals surface area contributed by atoms with Crippen LogP contribution in [0.15, 0.2) is 45.3 Å². The summed E-state index contributed by atoms with van der Waals surface area (Å²) in [7, 11) is 0. The average molecular weight is 543 g/mol. The average Bonchev–Trinajstić information content (AvgIpc) is 3.43. The molecule has 6 aliphatic carbocycles. The van der Waals surface area contributed by atoms with Crippen LogP contribution in [0.1, 0.15) is 97.3 Å². The summed E-state index contributed by atoms with van der Waals surface area (Å²) in [6, 6.07) is 0. The van der Waals surface area contributed by atoms with Gasteiger partial charge in [0.1, 0.15) is 11.6 Å². The molecule has 0 spiro atoms. The van der Waals surface area contributed by atoms with Crippen molar-refractivity contribution in [1.82, 2.24) is 10.6 Å². The van der Waals surface area contributed by atoms with Crippen molar-refractivity contribution in [1.29, 1.82) is 0 Å². The lowest BCUT2D eigenvalue weighted by atomic mass is 9.60. The summed E-state index contributed by atoms with van der Waals surface area (Å²) in [6.45, 7) is 5.88. The van der Waals surface area contributed by atoms with E-state index in [1.165, 1.54) is 22.4 Å². The molecule has 0 amide bonds. The van der Waals surface area contributed by atoms with Gasteiger partial charge in [-0.05, 0) is 86.7 Å². The third-order valence-corrected chi connectivity index (χ3v) is 12.0. The molecule has 2 saturated carbocycles. The zero-order valence-electron chi connectivity index (χ0n) is 24.0. The van der Waals surface area contributed by atoms with Crippen molar-refractivity contribution in [2.24, 2.45) is 28.6 Å². The smallest absolute Gasteiger partial charge is 0.166 e. The molecule has 6 heteroatoms. The fourth-order valence-electron chi connectivity index (χ4n) is 9.74. The molecule has 2 fully saturated rings. The summed E-state index contributed by atoms with van der Waals surface area (Å²) in [5, 5.41) is 6.83. The Balaban J connectivity index is 0.000000132. The van der Waals surface area contributed by atoms with Gasteiger partial charge in [-0.1, -0.05) is 25.5 Å². The quantitative estimate of drug-likeness (QED) is 0.437. The molecule has 6 nitrogen and oxygen atoms in total. The molecule has 5 atom stereocenters. The molecule has 0 radical (unpaired) electrons. The first kappa shape index (κ1) is 26.2. The maximum atomic E-state index is 12.3. The Bertz CT molecular complexity index is 1350. The molecule has 0 aromatic carbocycles.